The Balaban J connectivity index is 0.000000905. The van der Waals surface area contributed by atoms with Crippen molar-refractivity contribution in [2.24, 2.45) is 5.73 Å². The number of benzene rings is 1. The molecule has 1 heterocycles. The Morgan fingerprint density at radius 3 is 2.34 bits per heavy atom. The molecule has 210 valence electrons. The molecule has 1 aromatic heterocycles. The highest BCUT2D eigenvalue weighted by Crippen LogP contribution is 2.14. The summed E-state index contributed by atoms with van der Waals surface area (Å²) in [6.45, 7) is 1.34. The molecule has 38 heavy (non-hydrogen) atoms. The number of hydrogen-bond donors (Lipinski definition) is 6. The molecule has 18 heteroatoms. The van der Waals surface area contributed by atoms with Gasteiger partial charge in [0.1, 0.15) is 18.0 Å². The molecule has 1 amide bonds. The molecule has 13 nitrogen and oxygen atoms in total. The number of aliphatic carboxylic acids is 1. The van der Waals surface area contributed by atoms with Gasteiger partial charge in [-0.1, -0.05) is 18.2 Å². The molecule has 0 aliphatic rings. The van der Waals surface area contributed by atoms with Gasteiger partial charge in [0.2, 0.25) is 21.9 Å². The number of carboxylic acid groups (broad SMARTS) is 1. The molecule has 2 rings (SSSR count). The highest BCUT2D eigenvalue weighted by atomic mass is 32.2. The number of amides is 1. The maximum absolute atomic E-state index is 13.8. The molecular formula is C20H24F4N6O7S. The number of carbonyl (C=O) groups is 2. The van der Waals surface area contributed by atoms with Gasteiger partial charge in [-0.25, -0.2) is 23.1 Å². The maximum Gasteiger partial charge on any atom is 0.490 e. The van der Waals surface area contributed by atoms with Gasteiger partial charge in [-0.2, -0.15) is 13.2 Å². The molecule has 0 saturated heterocycles. The minimum absolute atomic E-state index is 0.0229. The van der Waals surface area contributed by atoms with Gasteiger partial charge in [-0.15, -0.1) is 0 Å². The number of aryl methyl sites for hydroxylation is 1. The van der Waals surface area contributed by atoms with Gasteiger partial charge in [0, 0.05) is 17.8 Å². The molecule has 2 aromatic rings. The Bertz CT molecular complexity index is 1320. The van der Waals surface area contributed by atoms with Crippen LogP contribution in [0.15, 0.2) is 41.2 Å². The number of hydroxylamine groups is 1. The normalized spacial score (nSPS) is 11.1. The zero-order chi connectivity index (χ0) is 29.1. The number of halogens is 4. The summed E-state index contributed by atoms with van der Waals surface area (Å²) < 4.78 is 73.5. The Kier molecular flexibility index (Phi) is 11.7. The maximum atomic E-state index is 13.8. The lowest BCUT2D eigenvalue weighted by atomic mass is 10.2. The Hall–Kier alpha value is -4.19. The van der Waals surface area contributed by atoms with Gasteiger partial charge in [0.05, 0.1) is 12.4 Å². The fourth-order valence-electron chi connectivity index (χ4n) is 2.54. The number of hydrogen-bond acceptors (Lipinski definition) is 7. The zero-order valence-electron chi connectivity index (χ0n) is 19.6. The number of guanidine groups is 1. The van der Waals surface area contributed by atoms with E-state index in [4.69, 9.17) is 25.9 Å². The Labute approximate surface area is 213 Å². The molecule has 0 aliphatic heterocycles. The van der Waals surface area contributed by atoms with Crippen LogP contribution in [-0.4, -0.2) is 55.3 Å². The predicted octanol–water partition coefficient (Wildman–Crippen LogP) is 0.402. The van der Waals surface area contributed by atoms with Crippen molar-refractivity contribution in [3.8, 4) is 0 Å². The monoisotopic (exact) mass is 568 g/mol. The van der Waals surface area contributed by atoms with Gasteiger partial charge in [0.25, 0.3) is 5.56 Å². The van der Waals surface area contributed by atoms with Crippen LogP contribution in [0, 0.1) is 18.2 Å². The molecule has 7 N–H and O–H groups in total. The van der Waals surface area contributed by atoms with Crippen LogP contribution in [0.4, 0.5) is 23.2 Å². The lowest BCUT2D eigenvalue weighted by Gasteiger charge is -2.14. The Morgan fingerprint density at radius 1 is 1.18 bits per heavy atom. The van der Waals surface area contributed by atoms with Crippen LogP contribution in [-0.2, 0) is 36.7 Å². The van der Waals surface area contributed by atoms with E-state index in [9.17, 15) is 35.6 Å². The number of sulfonamides is 1. The number of pyridine rings is 1. The molecule has 1 aromatic carbocycles. The first kappa shape index (κ1) is 31.8. The third-order valence-electron chi connectivity index (χ3n) is 4.21. The van der Waals surface area contributed by atoms with Gasteiger partial charge < -0.3 is 20.7 Å². The van der Waals surface area contributed by atoms with E-state index >= 15 is 0 Å². The van der Waals surface area contributed by atoms with Gasteiger partial charge >= 0.3 is 12.1 Å². The number of carboxylic acids is 1. The molecule has 0 bridgehead atoms. The predicted molar refractivity (Wildman–Crippen MR) is 126 cm³/mol. The number of carbonyl (C=O) groups excluding carboxylic acids is 1. The first-order valence-electron chi connectivity index (χ1n) is 10.3. The number of nitrogens with one attached hydrogen (secondary N) is 4. The van der Waals surface area contributed by atoms with Gasteiger partial charge in [-0.3, -0.25) is 24.6 Å². The van der Waals surface area contributed by atoms with Crippen LogP contribution in [0.1, 0.15) is 11.3 Å². The van der Waals surface area contributed by atoms with E-state index in [1.165, 1.54) is 30.3 Å². The molecular weight excluding hydrogens is 544 g/mol. The molecule has 0 saturated carbocycles. The van der Waals surface area contributed by atoms with E-state index < -0.39 is 45.2 Å². The van der Waals surface area contributed by atoms with Crippen LogP contribution in [0.3, 0.4) is 0 Å². The van der Waals surface area contributed by atoms with E-state index in [1.807, 2.05) is 0 Å². The smallest absolute Gasteiger partial charge is 0.475 e. The summed E-state index contributed by atoms with van der Waals surface area (Å²) in [5.41, 5.74) is 6.55. The average molecular weight is 569 g/mol. The van der Waals surface area contributed by atoms with Crippen molar-refractivity contribution < 1.29 is 45.5 Å². The van der Waals surface area contributed by atoms with Gasteiger partial charge in [0.15, 0.2) is 0 Å². The second-order valence-corrected chi connectivity index (χ2v) is 8.97. The molecule has 0 aliphatic carbocycles. The first-order valence-corrected chi connectivity index (χ1v) is 11.9. The topological polar surface area (TPSA) is 206 Å². The molecule has 0 unspecified atom stereocenters. The van der Waals surface area contributed by atoms with Crippen molar-refractivity contribution in [1.29, 1.82) is 5.41 Å². The SMILES string of the molecule is Cc1ccc(NS(=O)(=O)Cc2ccccc2F)c(=O)n1CC(=O)NCCONC(=N)N.O=C(O)C(F)(F)F. The number of rotatable bonds is 10. The van der Waals surface area contributed by atoms with E-state index in [-0.39, 0.29) is 36.9 Å². The van der Waals surface area contributed by atoms with E-state index in [0.717, 1.165) is 10.6 Å². The molecule has 0 radical (unpaired) electrons. The minimum atomic E-state index is -5.08. The van der Waals surface area contributed by atoms with Crippen LogP contribution >= 0.6 is 0 Å². The summed E-state index contributed by atoms with van der Waals surface area (Å²) >= 11 is 0. The second-order valence-electron chi connectivity index (χ2n) is 7.25. The van der Waals surface area contributed by atoms with Crippen molar-refractivity contribution in [3.05, 3.63) is 63.8 Å². The summed E-state index contributed by atoms with van der Waals surface area (Å²) in [5.74, 6) is -4.98. The number of aromatic nitrogens is 1. The third-order valence-corrected chi connectivity index (χ3v) is 5.44. The highest BCUT2D eigenvalue weighted by Gasteiger charge is 2.38. The van der Waals surface area contributed by atoms with E-state index in [2.05, 4.69) is 15.5 Å². The molecule has 0 spiro atoms. The van der Waals surface area contributed by atoms with Crippen molar-refractivity contribution in [3.63, 3.8) is 0 Å². The van der Waals surface area contributed by atoms with E-state index in [1.54, 1.807) is 6.92 Å². The second kappa shape index (κ2) is 13.9. The van der Waals surface area contributed by atoms with Crippen molar-refractivity contribution in [2.75, 3.05) is 17.9 Å². The Morgan fingerprint density at radius 2 is 1.79 bits per heavy atom. The lowest BCUT2D eigenvalue weighted by Crippen LogP contribution is -2.37. The molecule has 0 fully saturated rings. The number of alkyl halides is 3. The number of nitrogens with zero attached hydrogens (tertiary/aromatic N) is 1. The van der Waals surface area contributed by atoms with Gasteiger partial charge in [-0.05, 0) is 25.1 Å². The van der Waals surface area contributed by atoms with Crippen molar-refractivity contribution in [2.45, 2.75) is 25.4 Å². The molecule has 0 atom stereocenters. The largest absolute Gasteiger partial charge is 0.490 e. The summed E-state index contributed by atoms with van der Waals surface area (Å²) in [4.78, 5) is 38.5. The third kappa shape index (κ3) is 11.2. The van der Waals surface area contributed by atoms with Crippen LogP contribution < -0.4 is 26.8 Å². The number of nitrogens with two attached hydrogens (primary N) is 1. The lowest BCUT2D eigenvalue weighted by molar-refractivity contribution is -0.192. The summed E-state index contributed by atoms with van der Waals surface area (Å²) in [5, 5.41) is 16.6. The van der Waals surface area contributed by atoms with Crippen LogP contribution in [0.5, 0.6) is 0 Å². The first-order chi connectivity index (χ1) is 17.5. The zero-order valence-corrected chi connectivity index (χ0v) is 20.5. The minimum Gasteiger partial charge on any atom is -0.475 e. The summed E-state index contributed by atoms with van der Waals surface area (Å²) in [6, 6.07) is 8.19. The number of anilines is 1. The fraction of sp³-hybridized carbons (Fsp3) is 0.300. The van der Waals surface area contributed by atoms with Crippen molar-refractivity contribution in [1.82, 2.24) is 15.4 Å². The standard InChI is InChI=1S/C18H23FN6O5S.C2HF3O2/c1-12-6-7-15(24-31(28,29)11-13-4-2-3-5-14(13)19)17(27)25(12)10-16(26)22-8-9-30-23-18(20)21;3-2(4,5)1(6)7/h2-7,24H,8-11H2,1H3,(H,22,26)(H4,20,21,23);(H,6,7). The van der Waals surface area contributed by atoms with Crippen molar-refractivity contribution >= 4 is 33.5 Å². The van der Waals surface area contributed by atoms with Crippen LogP contribution in [0.2, 0.25) is 0 Å². The summed E-state index contributed by atoms with van der Waals surface area (Å²) in [7, 11) is -4.07. The quantitative estimate of drug-likeness (QED) is 0.0770. The van der Waals surface area contributed by atoms with Crippen LogP contribution in [0.25, 0.3) is 0 Å². The fourth-order valence-corrected chi connectivity index (χ4v) is 3.74. The highest BCUT2D eigenvalue weighted by molar-refractivity contribution is 7.91. The van der Waals surface area contributed by atoms with E-state index in [0.29, 0.717) is 5.69 Å². The summed E-state index contributed by atoms with van der Waals surface area (Å²) in [6.07, 6.45) is -5.08. The average Bonchev–Trinajstić information content (AvgIpc) is 2.79.